The molecule has 0 spiro atoms. The third-order valence-electron chi connectivity index (χ3n) is 8.20. The monoisotopic (exact) mass is 516 g/mol. The van der Waals surface area contributed by atoms with Crippen LogP contribution in [-0.4, -0.2) is 9.13 Å². The van der Waals surface area contributed by atoms with E-state index in [0.29, 0.717) is 0 Å². The van der Waals surface area contributed by atoms with Gasteiger partial charge in [0.05, 0.1) is 16.6 Å². The van der Waals surface area contributed by atoms with E-state index < -0.39 is 0 Å². The second-order valence-electron chi connectivity index (χ2n) is 10.6. The lowest BCUT2D eigenvalue weighted by Crippen LogP contribution is -2.00. The van der Waals surface area contributed by atoms with Crippen LogP contribution in [0.5, 0.6) is 0 Å². The van der Waals surface area contributed by atoms with Crippen LogP contribution < -0.4 is 0 Å². The molecule has 2 nitrogen and oxygen atoms in total. The summed E-state index contributed by atoms with van der Waals surface area (Å²) in [5.41, 5.74) is 12.6. The quantitative estimate of drug-likeness (QED) is 0.202. The molecule has 0 atom stereocenters. The van der Waals surface area contributed by atoms with Crippen LogP contribution in [0, 0.1) is 6.92 Å². The number of allylic oxidation sites excluding steroid dienone is 6. The molecule has 0 bridgehead atoms. The number of hydrogen-bond donors (Lipinski definition) is 0. The summed E-state index contributed by atoms with van der Waals surface area (Å²) in [4.78, 5) is 0. The standard InChI is InChI=1S/C38H32N2/c1-4-6-11-29(5-2)39-35-14-9-7-12-31(35)33-24-27(18-22-37(33)39)28-19-23-38-34(25-28)32-13-8-10-15-36(32)40(38)30-20-16-26(3)17-21-30/h4-6,8-11,13-25H,1,7,12H2,2-3H3/b11-6-,29-5+. The van der Waals surface area contributed by atoms with E-state index in [4.69, 9.17) is 0 Å². The molecule has 2 heterocycles. The molecule has 2 aromatic heterocycles. The van der Waals surface area contributed by atoms with Gasteiger partial charge in [0.2, 0.25) is 0 Å². The molecule has 7 rings (SSSR count). The molecule has 0 saturated heterocycles. The first kappa shape index (κ1) is 24.2. The van der Waals surface area contributed by atoms with Crippen molar-refractivity contribution in [3.05, 3.63) is 139 Å². The molecule has 4 aromatic carbocycles. The predicted molar refractivity (Wildman–Crippen MR) is 173 cm³/mol. The highest BCUT2D eigenvalue weighted by molar-refractivity contribution is 6.10. The number of rotatable bonds is 5. The average molecular weight is 517 g/mol. The summed E-state index contributed by atoms with van der Waals surface area (Å²) in [6.07, 6.45) is 14.9. The van der Waals surface area contributed by atoms with Gasteiger partial charge in [0.15, 0.2) is 0 Å². The fraction of sp³-hybridized carbons (Fsp3) is 0.105. The summed E-state index contributed by atoms with van der Waals surface area (Å²) >= 11 is 0. The maximum Gasteiger partial charge on any atom is 0.0541 e. The summed E-state index contributed by atoms with van der Waals surface area (Å²) in [5.74, 6) is 0. The van der Waals surface area contributed by atoms with Gasteiger partial charge in [0.25, 0.3) is 0 Å². The molecule has 0 fully saturated rings. The predicted octanol–water partition coefficient (Wildman–Crippen LogP) is 10.3. The normalized spacial score (nSPS) is 13.6. The molecule has 0 amide bonds. The van der Waals surface area contributed by atoms with Crippen LogP contribution >= 0.6 is 0 Å². The van der Waals surface area contributed by atoms with Crippen molar-refractivity contribution in [2.45, 2.75) is 26.7 Å². The molecular formula is C38H32N2. The summed E-state index contributed by atoms with van der Waals surface area (Å²) in [7, 11) is 0. The SMILES string of the molecule is C=C/C=C\C(=C/C)n1c2c(c3cc(-c4ccc5c(c4)c4ccccc4n5-c4ccc(C)cc4)ccc31)CCC=C2. The zero-order valence-electron chi connectivity index (χ0n) is 23.1. The molecule has 194 valence electrons. The van der Waals surface area contributed by atoms with Gasteiger partial charge in [-0.3, -0.25) is 0 Å². The van der Waals surface area contributed by atoms with Gasteiger partial charge in [-0.05, 0) is 98.0 Å². The molecule has 2 heteroatoms. The molecule has 1 aliphatic rings. The Morgan fingerprint density at radius 1 is 0.800 bits per heavy atom. The lowest BCUT2D eigenvalue weighted by molar-refractivity contribution is 0.974. The first-order valence-corrected chi connectivity index (χ1v) is 14.1. The number of fused-ring (bicyclic) bond motifs is 6. The minimum absolute atomic E-state index is 1.06. The van der Waals surface area contributed by atoms with Crippen LogP contribution in [0.25, 0.3) is 61.3 Å². The van der Waals surface area contributed by atoms with Crippen LogP contribution in [0.4, 0.5) is 0 Å². The fourth-order valence-corrected chi connectivity index (χ4v) is 6.28. The van der Waals surface area contributed by atoms with Crippen molar-refractivity contribution in [3.63, 3.8) is 0 Å². The van der Waals surface area contributed by atoms with E-state index in [1.165, 1.54) is 66.3 Å². The molecule has 0 saturated carbocycles. The number of aryl methyl sites for hydroxylation is 2. The first-order valence-electron chi connectivity index (χ1n) is 14.1. The van der Waals surface area contributed by atoms with Crippen molar-refractivity contribution in [2.24, 2.45) is 0 Å². The highest BCUT2D eigenvalue weighted by Crippen LogP contribution is 2.39. The minimum Gasteiger partial charge on any atom is -0.310 e. The summed E-state index contributed by atoms with van der Waals surface area (Å²) in [5, 5.41) is 3.90. The van der Waals surface area contributed by atoms with E-state index in [0.717, 1.165) is 18.5 Å². The highest BCUT2D eigenvalue weighted by atomic mass is 15.0. The fourth-order valence-electron chi connectivity index (χ4n) is 6.28. The van der Waals surface area contributed by atoms with Gasteiger partial charge in [0, 0.05) is 33.2 Å². The van der Waals surface area contributed by atoms with Crippen LogP contribution in [0.3, 0.4) is 0 Å². The molecule has 6 aromatic rings. The van der Waals surface area contributed by atoms with Crippen molar-refractivity contribution < 1.29 is 0 Å². The van der Waals surface area contributed by atoms with Crippen molar-refractivity contribution in [1.29, 1.82) is 0 Å². The van der Waals surface area contributed by atoms with Crippen LogP contribution in [-0.2, 0) is 6.42 Å². The molecule has 0 N–H and O–H groups in total. The summed E-state index contributed by atoms with van der Waals surface area (Å²) < 4.78 is 4.78. The Morgan fingerprint density at radius 3 is 2.30 bits per heavy atom. The minimum atomic E-state index is 1.06. The van der Waals surface area contributed by atoms with Gasteiger partial charge < -0.3 is 9.13 Å². The zero-order valence-corrected chi connectivity index (χ0v) is 23.1. The van der Waals surface area contributed by atoms with Crippen molar-refractivity contribution in [3.8, 4) is 16.8 Å². The molecular weight excluding hydrogens is 484 g/mol. The molecule has 0 unspecified atom stereocenters. The van der Waals surface area contributed by atoms with Gasteiger partial charge in [-0.2, -0.15) is 0 Å². The Balaban J connectivity index is 1.42. The maximum absolute atomic E-state index is 3.87. The van der Waals surface area contributed by atoms with Gasteiger partial charge in [-0.25, -0.2) is 0 Å². The Bertz CT molecular complexity index is 2020. The summed E-state index contributed by atoms with van der Waals surface area (Å²) in [6, 6.07) is 31.5. The van der Waals surface area contributed by atoms with E-state index in [1.54, 1.807) is 0 Å². The topological polar surface area (TPSA) is 9.86 Å². The first-order chi connectivity index (χ1) is 19.7. The van der Waals surface area contributed by atoms with E-state index in [9.17, 15) is 0 Å². The number of benzene rings is 4. The maximum atomic E-state index is 3.87. The van der Waals surface area contributed by atoms with Crippen LogP contribution in [0.1, 0.15) is 30.2 Å². The lowest BCUT2D eigenvalue weighted by atomic mass is 9.97. The van der Waals surface area contributed by atoms with Crippen molar-refractivity contribution in [2.75, 3.05) is 0 Å². The third kappa shape index (κ3) is 3.79. The number of nitrogens with zero attached hydrogens (tertiary/aromatic N) is 2. The Labute approximate surface area is 235 Å². The molecule has 0 aliphatic heterocycles. The van der Waals surface area contributed by atoms with E-state index in [-0.39, 0.29) is 0 Å². The molecule has 40 heavy (non-hydrogen) atoms. The second kappa shape index (κ2) is 9.73. The van der Waals surface area contributed by atoms with Gasteiger partial charge in [-0.1, -0.05) is 78.9 Å². The molecule has 0 radical (unpaired) electrons. The third-order valence-corrected chi connectivity index (χ3v) is 8.20. The lowest BCUT2D eigenvalue weighted by Gasteiger charge is -2.12. The largest absolute Gasteiger partial charge is 0.310 e. The van der Waals surface area contributed by atoms with Crippen molar-refractivity contribution >= 4 is 44.5 Å². The number of para-hydroxylation sites is 1. The van der Waals surface area contributed by atoms with Crippen LogP contribution in [0.2, 0.25) is 0 Å². The molecule has 1 aliphatic carbocycles. The Hall–Kier alpha value is -4.82. The smallest absolute Gasteiger partial charge is 0.0541 e. The highest BCUT2D eigenvalue weighted by Gasteiger charge is 2.20. The van der Waals surface area contributed by atoms with Crippen LogP contribution in [0.15, 0.2) is 122 Å². The zero-order chi connectivity index (χ0) is 27.2. The van der Waals surface area contributed by atoms with Gasteiger partial charge in [-0.15, -0.1) is 0 Å². The Morgan fingerprint density at radius 2 is 1.52 bits per heavy atom. The van der Waals surface area contributed by atoms with Crippen molar-refractivity contribution in [1.82, 2.24) is 9.13 Å². The average Bonchev–Trinajstić information content (AvgIpc) is 3.50. The second-order valence-corrected chi connectivity index (χ2v) is 10.6. The van der Waals surface area contributed by atoms with E-state index in [2.05, 4.69) is 139 Å². The van der Waals surface area contributed by atoms with E-state index >= 15 is 0 Å². The van der Waals surface area contributed by atoms with Gasteiger partial charge >= 0.3 is 0 Å². The number of hydrogen-bond acceptors (Lipinski definition) is 0. The Kier molecular flexibility index (Phi) is 5.90. The van der Waals surface area contributed by atoms with Gasteiger partial charge in [0.1, 0.15) is 0 Å². The van der Waals surface area contributed by atoms with E-state index in [1.807, 2.05) is 12.2 Å². The number of aromatic nitrogens is 2. The summed E-state index contributed by atoms with van der Waals surface area (Å²) in [6.45, 7) is 8.11.